The predicted molar refractivity (Wildman–Crippen MR) is 122 cm³/mol. The lowest BCUT2D eigenvalue weighted by Crippen LogP contribution is -2.29. The zero-order valence-electron chi connectivity index (χ0n) is 16.5. The van der Waals surface area contributed by atoms with E-state index in [1.54, 1.807) is 0 Å². The van der Waals surface area contributed by atoms with Crippen LogP contribution in [0.25, 0.3) is 21.3 Å². The van der Waals surface area contributed by atoms with Gasteiger partial charge in [-0.25, -0.2) is 9.66 Å². The van der Waals surface area contributed by atoms with Crippen LogP contribution in [0, 0.1) is 10.1 Å². The van der Waals surface area contributed by atoms with Crippen molar-refractivity contribution in [1.29, 1.82) is 0 Å². The minimum atomic E-state index is -0.455. The molecule has 0 saturated carbocycles. The van der Waals surface area contributed by atoms with Crippen molar-refractivity contribution in [1.82, 2.24) is 9.66 Å². The number of rotatable bonds is 5. The Kier molecular flexibility index (Phi) is 5.29. The summed E-state index contributed by atoms with van der Waals surface area (Å²) in [6.07, 6.45) is 0. The van der Waals surface area contributed by atoms with Crippen LogP contribution in [-0.4, -0.2) is 21.4 Å². The molecule has 0 spiro atoms. The van der Waals surface area contributed by atoms with E-state index in [0.717, 1.165) is 15.8 Å². The molecule has 0 atom stereocenters. The second kappa shape index (κ2) is 8.26. The maximum atomic E-state index is 13.1. The van der Waals surface area contributed by atoms with Gasteiger partial charge < -0.3 is 15.3 Å². The SMILES string of the molecule is Nn1c(SCc2cc([N+](=O)[O-])cc3c2OCOC3)nc2scc(-c3ccccc3)c2c1=O. The molecule has 0 radical (unpaired) electrons. The molecule has 0 fully saturated rings. The van der Waals surface area contributed by atoms with Gasteiger partial charge >= 0.3 is 0 Å². The number of nitro groups is 1. The van der Waals surface area contributed by atoms with Gasteiger partial charge in [0, 0.05) is 40.0 Å². The van der Waals surface area contributed by atoms with Gasteiger partial charge in [0.05, 0.1) is 16.9 Å². The number of benzene rings is 2. The van der Waals surface area contributed by atoms with Crippen LogP contribution in [0.15, 0.2) is 57.8 Å². The van der Waals surface area contributed by atoms with Crippen LogP contribution in [0.4, 0.5) is 5.69 Å². The number of fused-ring (bicyclic) bond motifs is 2. The number of thioether (sulfide) groups is 1. The first-order valence-electron chi connectivity index (χ1n) is 9.51. The van der Waals surface area contributed by atoms with E-state index in [0.29, 0.717) is 32.2 Å². The van der Waals surface area contributed by atoms with Crippen LogP contribution >= 0.6 is 23.1 Å². The third kappa shape index (κ3) is 3.60. The fourth-order valence-electron chi connectivity index (χ4n) is 3.55. The Morgan fingerprint density at radius 3 is 2.88 bits per heavy atom. The number of nitrogens with zero attached hydrogens (tertiary/aromatic N) is 3. The quantitative estimate of drug-likeness (QED) is 0.154. The maximum absolute atomic E-state index is 13.1. The summed E-state index contributed by atoms with van der Waals surface area (Å²) in [5, 5.41) is 14.0. The van der Waals surface area contributed by atoms with Gasteiger partial charge in [-0.15, -0.1) is 11.3 Å². The number of aromatic nitrogens is 2. The molecule has 3 heterocycles. The highest BCUT2D eigenvalue weighted by atomic mass is 32.2. The van der Waals surface area contributed by atoms with Crippen molar-refractivity contribution >= 4 is 39.0 Å². The molecular weight excluding hydrogens is 452 g/mol. The third-order valence-corrected chi connectivity index (χ3v) is 6.91. The number of nitrogens with two attached hydrogens (primary N) is 1. The molecule has 0 unspecified atom stereocenters. The lowest BCUT2D eigenvalue weighted by molar-refractivity contribution is -0.385. The Bertz CT molecular complexity index is 1400. The molecule has 0 aliphatic carbocycles. The van der Waals surface area contributed by atoms with Crippen molar-refractivity contribution in [3.63, 3.8) is 0 Å². The van der Waals surface area contributed by atoms with Gasteiger partial charge in [0.25, 0.3) is 11.2 Å². The van der Waals surface area contributed by atoms with Gasteiger partial charge in [0.1, 0.15) is 10.6 Å². The van der Waals surface area contributed by atoms with Crippen molar-refractivity contribution in [2.75, 3.05) is 12.6 Å². The van der Waals surface area contributed by atoms with Gasteiger partial charge in [-0.3, -0.25) is 14.9 Å². The summed E-state index contributed by atoms with van der Waals surface area (Å²) in [7, 11) is 0. The average molecular weight is 469 g/mol. The molecule has 11 heteroatoms. The highest BCUT2D eigenvalue weighted by molar-refractivity contribution is 7.98. The maximum Gasteiger partial charge on any atom is 0.282 e. The Morgan fingerprint density at radius 1 is 1.28 bits per heavy atom. The first-order chi connectivity index (χ1) is 15.5. The fraction of sp³-hybridized carbons (Fsp3) is 0.143. The van der Waals surface area contributed by atoms with E-state index >= 15 is 0 Å². The van der Waals surface area contributed by atoms with Gasteiger partial charge in [0.15, 0.2) is 11.9 Å². The second-order valence-corrected chi connectivity index (χ2v) is 8.82. The van der Waals surface area contributed by atoms with Gasteiger partial charge in [0.2, 0.25) is 0 Å². The monoisotopic (exact) mass is 468 g/mol. The van der Waals surface area contributed by atoms with E-state index < -0.39 is 4.92 Å². The molecule has 2 N–H and O–H groups in total. The standard InChI is InChI=1S/C21H16N4O5S2/c22-24-20(26)17-16(12-4-2-1-3-5-12)10-31-19(17)23-21(24)32-9-14-7-15(25(27)28)6-13-8-29-11-30-18(13)14/h1-7,10H,8-9,11,22H2. The first kappa shape index (κ1) is 20.5. The molecule has 162 valence electrons. The van der Waals surface area contributed by atoms with Crippen molar-refractivity contribution < 1.29 is 14.4 Å². The highest BCUT2D eigenvalue weighted by Gasteiger charge is 2.22. The Morgan fingerprint density at radius 2 is 2.09 bits per heavy atom. The number of hydrogen-bond donors (Lipinski definition) is 1. The number of non-ortho nitro benzene ring substituents is 1. The van der Waals surface area contributed by atoms with Gasteiger partial charge in [-0.1, -0.05) is 42.1 Å². The topological polar surface area (TPSA) is 123 Å². The molecule has 2 aromatic carbocycles. The molecule has 1 aliphatic rings. The molecule has 1 aliphatic heterocycles. The average Bonchev–Trinajstić information content (AvgIpc) is 3.24. The van der Waals surface area contributed by atoms with Crippen LogP contribution < -0.4 is 16.1 Å². The van der Waals surface area contributed by atoms with Crippen LogP contribution in [0.1, 0.15) is 11.1 Å². The lowest BCUT2D eigenvalue weighted by atomic mass is 10.1. The minimum absolute atomic E-state index is 0.0484. The summed E-state index contributed by atoms with van der Waals surface area (Å²) in [6.45, 7) is 0.309. The normalized spacial score (nSPS) is 13.0. The number of hydrogen-bond acceptors (Lipinski definition) is 9. The van der Waals surface area contributed by atoms with E-state index in [4.69, 9.17) is 15.3 Å². The molecule has 9 nitrogen and oxygen atoms in total. The van der Waals surface area contributed by atoms with Crippen LogP contribution in [0.3, 0.4) is 0 Å². The van der Waals surface area contributed by atoms with E-state index in [1.807, 2.05) is 35.7 Å². The summed E-state index contributed by atoms with van der Waals surface area (Å²) >= 11 is 2.59. The predicted octanol–water partition coefficient (Wildman–Crippen LogP) is 3.91. The zero-order chi connectivity index (χ0) is 22.2. The summed E-state index contributed by atoms with van der Waals surface area (Å²) in [5.74, 6) is 6.95. The Hall–Kier alpha value is -3.41. The molecule has 4 aromatic rings. The Balaban J connectivity index is 1.51. The molecule has 2 aromatic heterocycles. The fourth-order valence-corrected chi connectivity index (χ4v) is 5.42. The van der Waals surface area contributed by atoms with E-state index in [9.17, 15) is 14.9 Å². The van der Waals surface area contributed by atoms with Crippen molar-refractivity contribution in [2.24, 2.45) is 0 Å². The molecule has 32 heavy (non-hydrogen) atoms. The number of thiophene rings is 1. The second-order valence-electron chi connectivity index (χ2n) is 7.01. The minimum Gasteiger partial charge on any atom is -0.467 e. The largest absolute Gasteiger partial charge is 0.467 e. The molecule has 5 rings (SSSR count). The van der Waals surface area contributed by atoms with Crippen LogP contribution in [0.5, 0.6) is 5.75 Å². The molecule has 0 amide bonds. The summed E-state index contributed by atoms with van der Waals surface area (Å²) in [4.78, 5) is 29.1. The van der Waals surface area contributed by atoms with E-state index in [-0.39, 0.29) is 30.4 Å². The van der Waals surface area contributed by atoms with Gasteiger partial charge in [-0.2, -0.15) is 0 Å². The highest BCUT2D eigenvalue weighted by Crippen LogP contribution is 2.37. The first-order valence-corrected chi connectivity index (χ1v) is 11.4. The van der Waals surface area contributed by atoms with Gasteiger partial charge in [-0.05, 0) is 5.56 Å². The number of ether oxygens (including phenoxy) is 2. The van der Waals surface area contributed by atoms with Crippen molar-refractivity contribution in [2.45, 2.75) is 17.5 Å². The van der Waals surface area contributed by atoms with Crippen LogP contribution in [-0.2, 0) is 17.1 Å². The lowest BCUT2D eigenvalue weighted by Gasteiger charge is -2.20. The van der Waals surface area contributed by atoms with Crippen molar-refractivity contribution in [3.8, 4) is 16.9 Å². The summed E-state index contributed by atoms with van der Waals surface area (Å²) in [6, 6.07) is 12.5. The Labute approximate surface area is 189 Å². The number of nitro benzene ring substituents is 1. The van der Waals surface area contributed by atoms with E-state index in [1.165, 1.54) is 35.2 Å². The smallest absolute Gasteiger partial charge is 0.282 e. The number of nitrogen functional groups attached to an aromatic ring is 1. The zero-order valence-corrected chi connectivity index (χ0v) is 18.1. The summed E-state index contributed by atoms with van der Waals surface area (Å²) in [5.41, 5.74) is 2.55. The van der Waals surface area contributed by atoms with E-state index in [2.05, 4.69) is 4.98 Å². The van der Waals surface area contributed by atoms with Crippen molar-refractivity contribution in [3.05, 3.63) is 79.4 Å². The van der Waals surface area contributed by atoms with Crippen LogP contribution in [0.2, 0.25) is 0 Å². The molecule has 0 bridgehead atoms. The molecule has 0 saturated heterocycles. The molecular formula is C21H16N4O5S2. The summed E-state index contributed by atoms with van der Waals surface area (Å²) < 4.78 is 11.8. The third-order valence-electron chi connectivity index (χ3n) is 5.03.